The van der Waals surface area contributed by atoms with E-state index in [0.29, 0.717) is 0 Å². The van der Waals surface area contributed by atoms with Crippen molar-refractivity contribution in [2.75, 3.05) is 6.61 Å². The first-order valence-electron chi connectivity index (χ1n) is 4.64. The second-order valence-corrected chi connectivity index (χ2v) is 3.81. The predicted octanol–water partition coefficient (Wildman–Crippen LogP) is -2.27. The standard InChI is InChI=1S/C7H10BF4NO4/c8-4-6(9,17)3(15)2(1-14)13(4)5(16)7(10,11)12/h2-4,14-15,17H,1,8H2/t2-,3-,4-,6-/m1/s1. The first-order valence-corrected chi connectivity index (χ1v) is 4.64. The molecule has 1 saturated heterocycles. The van der Waals surface area contributed by atoms with Crippen molar-refractivity contribution in [2.24, 2.45) is 0 Å². The number of hydrogen-bond donors (Lipinski definition) is 3. The number of halogens is 4. The van der Waals surface area contributed by atoms with Gasteiger partial charge >= 0.3 is 12.1 Å². The molecule has 17 heavy (non-hydrogen) atoms. The minimum absolute atomic E-state index is 0.0926. The van der Waals surface area contributed by atoms with Crippen molar-refractivity contribution in [1.29, 1.82) is 0 Å². The van der Waals surface area contributed by atoms with Gasteiger partial charge < -0.3 is 20.2 Å². The summed E-state index contributed by atoms with van der Waals surface area (Å²) >= 11 is 0. The summed E-state index contributed by atoms with van der Waals surface area (Å²) in [6, 6.07) is -1.84. The van der Waals surface area contributed by atoms with Gasteiger partial charge in [0.15, 0.2) is 0 Å². The Balaban J connectivity index is 3.11. The lowest BCUT2D eigenvalue weighted by atomic mass is 9.89. The molecule has 1 fully saturated rings. The monoisotopic (exact) mass is 259 g/mol. The summed E-state index contributed by atoms with van der Waals surface area (Å²) in [5.74, 6) is -7.73. The van der Waals surface area contributed by atoms with Gasteiger partial charge in [0.1, 0.15) is 14.0 Å². The number of amides is 1. The van der Waals surface area contributed by atoms with Crippen LogP contribution < -0.4 is 0 Å². The van der Waals surface area contributed by atoms with E-state index in [4.69, 9.17) is 10.2 Å². The van der Waals surface area contributed by atoms with Crippen LogP contribution in [0, 0.1) is 0 Å². The third-order valence-electron chi connectivity index (χ3n) is 2.80. The van der Waals surface area contributed by atoms with E-state index < -0.39 is 42.6 Å². The van der Waals surface area contributed by atoms with Crippen molar-refractivity contribution in [3.63, 3.8) is 0 Å². The molecule has 5 nitrogen and oxygen atoms in total. The van der Waals surface area contributed by atoms with Crippen LogP contribution in [-0.2, 0) is 4.79 Å². The van der Waals surface area contributed by atoms with Gasteiger partial charge in [-0.25, -0.2) is 4.39 Å². The second-order valence-electron chi connectivity index (χ2n) is 3.81. The fourth-order valence-corrected chi connectivity index (χ4v) is 1.81. The molecule has 0 saturated carbocycles. The van der Waals surface area contributed by atoms with Gasteiger partial charge in [0.2, 0.25) is 5.85 Å². The number of carbonyl (C=O) groups is 1. The zero-order valence-corrected chi connectivity index (χ0v) is 8.65. The van der Waals surface area contributed by atoms with Gasteiger partial charge in [-0.1, -0.05) is 0 Å². The molecular formula is C7H10BF4NO4. The fourth-order valence-electron chi connectivity index (χ4n) is 1.81. The van der Waals surface area contributed by atoms with Crippen molar-refractivity contribution in [1.82, 2.24) is 4.90 Å². The highest BCUT2D eigenvalue weighted by molar-refractivity contribution is 6.14. The van der Waals surface area contributed by atoms with Crippen LogP contribution in [0.1, 0.15) is 0 Å². The molecule has 10 heteroatoms. The summed E-state index contributed by atoms with van der Waals surface area (Å²) in [5.41, 5.74) is 0. The Bertz CT molecular complexity index is 323. The van der Waals surface area contributed by atoms with Crippen molar-refractivity contribution in [2.45, 2.75) is 30.1 Å². The minimum atomic E-state index is -5.28. The third kappa shape index (κ3) is 2.12. The van der Waals surface area contributed by atoms with Crippen LogP contribution in [0.2, 0.25) is 0 Å². The molecule has 4 atom stereocenters. The largest absolute Gasteiger partial charge is 0.471 e. The number of hydrogen-bond acceptors (Lipinski definition) is 4. The molecule has 0 aromatic carbocycles. The lowest BCUT2D eigenvalue weighted by Crippen LogP contribution is -2.52. The molecule has 1 rings (SSSR count). The van der Waals surface area contributed by atoms with Crippen LogP contribution in [0.3, 0.4) is 0 Å². The molecule has 0 aromatic rings. The van der Waals surface area contributed by atoms with Crippen molar-refractivity contribution in [3.05, 3.63) is 0 Å². The first kappa shape index (κ1) is 14.2. The highest BCUT2D eigenvalue weighted by Crippen LogP contribution is 2.36. The Kier molecular flexibility index (Phi) is 3.43. The van der Waals surface area contributed by atoms with Crippen LogP contribution in [0.15, 0.2) is 0 Å². The van der Waals surface area contributed by atoms with E-state index in [2.05, 4.69) is 0 Å². The van der Waals surface area contributed by atoms with Gasteiger partial charge in [-0.3, -0.25) is 4.79 Å². The van der Waals surface area contributed by atoms with Gasteiger partial charge in [-0.05, 0) is 0 Å². The van der Waals surface area contributed by atoms with Gasteiger partial charge in [0, 0.05) is 0 Å². The van der Waals surface area contributed by atoms with Gasteiger partial charge in [0.05, 0.1) is 18.6 Å². The Labute approximate surface area is 94.0 Å². The summed E-state index contributed by atoms with van der Waals surface area (Å²) in [6.07, 6.45) is -7.57. The summed E-state index contributed by atoms with van der Waals surface area (Å²) in [6.45, 7) is -1.10. The van der Waals surface area contributed by atoms with E-state index in [1.54, 1.807) is 0 Å². The summed E-state index contributed by atoms with van der Waals surface area (Å²) < 4.78 is 50.1. The summed E-state index contributed by atoms with van der Waals surface area (Å²) in [4.78, 5) is 10.9. The molecule has 0 aromatic heterocycles. The number of aliphatic hydroxyl groups excluding tert-OH is 2. The van der Waals surface area contributed by atoms with E-state index in [1.165, 1.54) is 0 Å². The zero-order valence-electron chi connectivity index (χ0n) is 8.65. The smallest absolute Gasteiger partial charge is 0.394 e. The van der Waals surface area contributed by atoms with E-state index in [9.17, 15) is 27.5 Å². The average Bonchev–Trinajstić information content (AvgIpc) is 2.36. The molecule has 0 aliphatic carbocycles. The van der Waals surface area contributed by atoms with Crippen LogP contribution >= 0.6 is 0 Å². The molecule has 1 aliphatic heterocycles. The van der Waals surface area contributed by atoms with Gasteiger partial charge in [-0.2, -0.15) is 13.2 Å². The molecule has 1 aliphatic rings. The normalized spacial score (nSPS) is 38.5. The first-order chi connectivity index (χ1) is 7.55. The molecule has 1 heterocycles. The molecule has 0 unspecified atom stereocenters. The third-order valence-corrected chi connectivity index (χ3v) is 2.80. The molecule has 3 N–H and O–H groups in total. The minimum Gasteiger partial charge on any atom is -0.394 e. The highest BCUT2D eigenvalue weighted by atomic mass is 19.4. The van der Waals surface area contributed by atoms with E-state index in [0.717, 1.165) is 7.85 Å². The maximum absolute atomic E-state index is 13.5. The quantitative estimate of drug-likeness (QED) is 0.366. The topological polar surface area (TPSA) is 81.0 Å². The Hall–Kier alpha value is -0.865. The number of rotatable bonds is 1. The lowest BCUT2D eigenvalue weighted by Gasteiger charge is -2.28. The van der Waals surface area contributed by atoms with Crippen molar-refractivity contribution < 1.29 is 37.7 Å². The lowest BCUT2D eigenvalue weighted by molar-refractivity contribution is -0.190. The van der Waals surface area contributed by atoms with E-state index >= 15 is 0 Å². The summed E-state index contributed by atoms with van der Waals surface area (Å²) in [7, 11) is 0.808. The van der Waals surface area contributed by atoms with Crippen LogP contribution in [-0.4, -0.2) is 70.7 Å². The Morgan fingerprint density at radius 1 is 1.47 bits per heavy atom. The SMILES string of the molecule is B[C@@H]1N(C(=O)C(F)(F)F)[C@H](CO)[C@@H](O)[C@]1(O)F. The molecule has 0 spiro atoms. The average molecular weight is 259 g/mol. The van der Waals surface area contributed by atoms with E-state index in [-0.39, 0.29) is 4.90 Å². The van der Waals surface area contributed by atoms with Crippen molar-refractivity contribution in [3.8, 4) is 0 Å². The number of likely N-dealkylation sites (tertiary alicyclic amines) is 1. The molecule has 1 amide bonds. The number of carbonyl (C=O) groups excluding carboxylic acids is 1. The van der Waals surface area contributed by atoms with Crippen LogP contribution in [0.4, 0.5) is 17.6 Å². The summed E-state index contributed by atoms with van der Waals surface area (Å²) in [5, 5.41) is 27.1. The maximum atomic E-state index is 13.5. The number of alkyl halides is 4. The van der Waals surface area contributed by atoms with Crippen molar-refractivity contribution >= 4 is 13.8 Å². The Morgan fingerprint density at radius 3 is 2.29 bits per heavy atom. The van der Waals surface area contributed by atoms with Gasteiger partial charge in [0.25, 0.3) is 0 Å². The highest BCUT2D eigenvalue weighted by Gasteiger charge is 2.62. The molecule has 0 radical (unpaired) electrons. The van der Waals surface area contributed by atoms with Crippen LogP contribution in [0.5, 0.6) is 0 Å². The molecule has 98 valence electrons. The van der Waals surface area contributed by atoms with Crippen LogP contribution in [0.25, 0.3) is 0 Å². The predicted molar refractivity (Wildman–Crippen MR) is 48.2 cm³/mol. The number of aliphatic hydroxyl groups is 3. The zero-order chi connectivity index (χ0) is 13.6. The van der Waals surface area contributed by atoms with E-state index in [1.807, 2.05) is 0 Å². The molecular weight excluding hydrogens is 249 g/mol. The second kappa shape index (κ2) is 4.11. The molecule has 0 bridgehead atoms. The maximum Gasteiger partial charge on any atom is 0.471 e. The fraction of sp³-hybridized carbons (Fsp3) is 0.857. The number of nitrogens with zero attached hydrogens (tertiary/aromatic N) is 1. The van der Waals surface area contributed by atoms with Gasteiger partial charge in [-0.15, -0.1) is 0 Å². The Morgan fingerprint density at radius 2 is 1.94 bits per heavy atom.